The SMILES string of the molecule is Brc1ccc2c(c1)N=Cc1c(cccc1N1CCNCC1)N2. The first-order valence-electron chi connectivity index (χ1n) is 7.50. The van der Waals surface area contributed by atoms with E-state index in [4.69, 9.17) is 0 Å². The Labute approximate surface area is 138 Å². The van der Waals surface area contributed by atoms with Crippen molar-refractivity contribution >= 4 is 44.9 Å². The van der Waals surface area contributed by atoms with E-state index in [1.54, 1.807) is 0 Å². The van der Waals surface area contributed by atoms with Crippen molar-refractivity contribution in [3.05, 3.63) is 46.4 Å². The number of hydrogen-bond donors (Lipinski definition) is 2. The third-order valence-electron chi connectivity index (χ3n) is 4.10. The van der Waals surface area contributed by atoms with Crippen LogP contribution < -0.4 is 15.5 Å². The number of fused-ring (bicyclic) bond motifs is 2. The van der Waals surface area contributed by atoms with Gasteiger partial charge in [0, 0.05) is 53.8 Å². The Balaban J connectivity index is 1.78. The highest BCUT2D eigenvalue weighted by atomic mass is 79.9. The molecule has 1 saturated heterocycles. The number of aliphatic imine (C=N–C) groups is 1. The molecule has 2 N–H and O–H groups in total. The second kappa shape index (κ2) is 5.74. The summed E-state index contributed by atoms with van der Waals surface area (Å²) in [4.78, 5) is 7.11. The Morgan fingerprint density at radius 3 is 2.77 bits per heavy atom. The summed E-state index contributed by atoms with van der Waals surface area (Å²) in [6.07, 6.45) is 1.98. The molecule has 5 heteroatoms. The van der Waals surface area contributed by atoms with E-state index in [1.807, 2.05) is 18.3 Å². The van der Waals surface area contributed by atoms with Gasteiger partial charge in [-0.05, 0) is 30.3 Å². The van der Waals surface area contributed by atoms with Crippen LogP contribution in [-0.2, 0) is 0 Å². The minimum Gasteiger partial charge on any atom is -0.368 e. The molecule has 0 radical (unpaired) electrons. The standard InChI is InChI=1S/C17H17BrN4/c18-12-4-5-15-16(10-12)20-11-13-14(21-15)2-1-3-17(13)22-8-6-19-7-9-22/h1-5,10-11,19,21H,6-9H2. The molecule has 2 aromatic carbocycles. The van der Waals surface area contributed by atoms with E-state index in [-0.39, 0.29) is 0 Å². The number of nitrogens with zero attached hydrogens (tertiary/aromatic N) is 2. The lowest BCUT2D eigenvalue weighted by Gasteiger charge is -2.31. The molecule has 2 aromatic rings. The summed E-state index contributed by atoms with van der Waals surface area (Å²) in [7, 11) is 0. The molecule has 2 aliphatic heterocycles. The molecule has 0 atom stereocenters. The summed E-state index contributed by atoms with van der Waals surface area (Å²) in [5.41, 5.74) is 5.52. The lowest BCUT2D eigenvalue weighted by Crippen LogP contribution is -2.43. The molecule has 1 fully saturated rings. The molecular weight excluding hydrogens is 340 g/mol. The Bertz CT molecular complexity index is 735. The lowest BCUT2D eigenvalue weighted by molar-refractivity contribution is 0.589. The predicted octanol–water partition coefficient (Wildman–Crippen LogP) is 3.67. The smallest absolute Gasteiger partial charge is 0.0875 e. The Morgan fingerprint density at radius 2 is 1.91 bits per heavy atom. The fourth-order valence-electron chi connectivity index (χ4n) is 2.98. The zero-order valence-electron chi connectivity index (χ0n) is 12.1. The number of anilines is 3. The highest BCUT2D eigenvalue weighted by molar-refractivity contribution is 9.10. The van der Waals surface area contributed by atoms with Crippen LogP contribution in [0.2, 0.25) is 0 Å². The van der Waals surface area contributed by atoms with Crippen LogP contribution in [0.4, 0.5) is 22.7 Å². The first kappa shape index (κ1) is 13.8. The topological polar surface area (TPSA) is 39.7 Å². The van der Waals surface area contributed by atoms with Gasteiger partial charge in [0.15, 0.2) is 0 Å². The van der Waals surface area contributed by atoms with Gasteiger partial charge < -0.3 is 15.5 Å². The van der Waals surface area contributed by atoms with Crippen LogP contribution in [0.15, 0.2) is 45.9 Å². The van der Waals surface area contributed by atoms with Crippen molar-refractivity contribution in [2.75, 3.05) is 36.4 Å². The van der Waals surface area contributed by atoms with Gasteiger partial charge in [-0.1, -0.05) is 22.0 Å². The van der Waals surface area contributed by atoms with Crippen LogP contribution in [0, 0.1) is 0 Å². The van der Waals surface area contributed by atoms with Gasteiger partial charge >= 0.3 is 0 Å². The maximum atomic E-state index is 4.68. The molecule has 2 heterocycles. The molecule has 4 nitrogen and oxygen atoms in total. The average Bonchev–Trinajstić information content (AvgIpc) is 2.74. The van der Waals surface area contributed by atoms with E-state index in [1.165, 1.54) is 5.69 Å². The molecule has 0 unspecified atom stereocenters. The second-order valence-electron chi connectivity index (χ2n) is 5.52. The Hall–Kier alpha value is -1.85. The van der Waals surface area contributed by atoms with Crippen LogP contribution in [0.3, 0.4) is 0 Å². The lowest BCUT2D eigenvalue weighted by atomic mass is 10.1. The van der Waals surface area contributed by atoms with Gasteiger partial charge in [0.2, 0.25) is 0 Å². The van der Waals surface area contributed by atoms with Crippen molar-refractivity contribution < 1.29 is 0 Å². The number of piperazine rings is 1. The van der Waals surface area contributed by atoms with Crippen molar-refractivity contribution in [1.29, 1.82) is 0 Å². The normalized spacial score (nSPS) is 16.5. The fourth-order valence-corrected chi connectivity index (χ4v) is 3.32. The average molecular weight is 357 g/mol. The zero-order valence-corrected chi connectivity index (χ0v) is 13.7. The van der Waals surface area contributed by atoms with Crippen LogP contribution in [0.25, 0.3) is 0 Å². The molecule has 0 amide bonds. The molecule has 0 saturated carbocycles. The Morgan fingerprint density at radius 1 is 1.05 bits per heavy atom. The number of benzene rings is 2. The molecule has 4 rings (SSSR count). The van der Waals surface area contributed by atoms with Gasteiger partial charge in [0.1, 0.15) is 0 Å². The van der Waals surface area contributed by atoms with E-state index in [0.717, 1.165) is 53.3 Å². The van der Waals surface area contributed by atoms with Crippen LogP contribution in [-0.4, -0.2) is 32.4 Å². The Kier molecular flexibility index (Phi) is 3.60. The number of nitrogens with one attached hydrogen (secondary N) is 2. The van der Waals surface area contributed by atoms with Gasteiger partial charge in [0.05, 0.1) is 11.4 Å². The minimum absolute atomic E-state index is 0.955. The maximum absolute atomic E-state index is 4.68. The van der Waals surface area contributed by atoms with Gasteiger partial charge in [0.25, 0.3) is 0 Å². The molecular formula is C17H17BrN4. The van der Waals surface area contributed by atoms with Crippen molar-refractivity contribution in [1.82, 2.24) is 5.32 Å². The predicted molar refractivity (Wildman–Crippen MR) is 96.2 cm³/mol. The molecule has 0 spiro atoms. The number of rotatable bonds is 1. The van der Waals surface area contributed by atoms with E-state index in [9.17, 15) is 0 Å². The van der Waals surface area contributed by atoms with Gasteiger partial charge in [-0.15, -0.1) is 0 Å². The summed E-state index contributed by atoms with van der Waals surface area (Å²) in [5.74, 6) is 0. The van der Waals surface area contributed by atoms with Crippen molar-refractivity contribution in [3.8, 4) is 0 Å². The zero-order chi connectivity index (χ0) is 14.9. The third-order valence-corrected chi connectivity index (χ3v) is 4.60. The molecule has 0 aromatic heterocycles. The second-order valence-corrected chi connectivity index (χ2v) is 6.44. The maximum Gasteiger partial charge on any atom is 0.0875 e. The summed E-state index contributed by atoms with van der Waals surface area (Å²) in [6.45, 7) is 4.12. The molecule has 0 aliphatic carbocycles. The van der Waals surface area contributed by atoms with Crippen LogP contribution >= 0.6 is 15.9 Å². The van der Waals surface area contributed by atoms with E-state index in [2.05, 4.69) is 60.7 Å². The summed E-state index contributed by atoms with van der Waals surface area (Å²) in [6, 6.07) is 12.5. The largest absolute Gasteiger partial charge is 0.368 e. The monoisotopic (exact) mass is 356 g/mol. The van der Waals surface area contributed by atoms with Crippen LogP contribution in [0.1, 0.15) is 5.56 Å². The minimum atomic E-state index is 0.955. The first-order chi connectivity index (χ1) is 10.8. The van der Waals surface area contributed by atoms with Gasteiger partial charge in [-0.2, -0.15) is 0 Å². The number of halogens is 1. The molecule has 112 valence electrons. The summed E-state index contributed by atoms with van der Waals surface area (Å²) >= 11 is 3.51. The van der Waals surface area contributed by atoms with Crippen molar-refractivity contribution in [2.45, 2.75) is 0 Å². The van der Waals surface area contributed by atoms with Crippen molar-refractivity contribution in [2.24, 2.45) is 4.99 Å². The van der Waals surface area contributed by atoms with Crippen LogP contribution in [0.5, 0.6) is 0 Å². The van der Waals surface area contributed by atoms with Gasteiger partial charge in [-0.3, -0.25) is 4.99 Å². The first-order valence-corrected chi connectivity index (χ1v) is 8.30. The van der Waals surface area contributed by atoms with Gasteiger partial charge in [-0.25, -0.2) is 0 Å². The van der Waals surface area contributed by atoms with E-state index < -0.39 is 0 Å². The quantitative estimate of drug-likeness (QED) is 0.698. The number of hydrogen-bond acceptors (Lipinski definition) is 4. The van der Waals surface area contributed by atoms with Crippen molar-refractivity contribution in [3.63, 3.8) is 0 Å². The van der Waals surface area contributed by atoms with E-state index in [0.29, 0.717) is 0 Å². The molecule has 2 aliphatic rings. The highest BCUT2D eigenvalue weighted by Crippen LogP contribution is 2.37. The summed E-state index contributed by atoms with van der Waals surface area (Å²) in [5, 5.41) is 6.92. The van der Waals surface area contributed by atoms with E-state index >= 15 is 0 Å². The highest BCUT2D eigenvalue weighted by Gasteiger charge is 2.18. The molecule has 22 heavy (non-hydrogen) atoms. The summed E-state index contributed by atoms with van der Waals surface area (Å²) < 4.78 is 1.04. The third kappa shape index (κ3) is 2.51. The fraction of sp³-hybridized carbons (Fsp3) is 0.235. The molecule has 0 bridgehead atoms.